The first kappa shape index (κ1) is 17.0. The lowest BCUT2D eigenvalue weighted by Crippen LogP contribution is -2.25. The van der Waals surface area contributed by atoms with Crippen LogP contribution in [0.1, 0.15) is 28.7 Å². The number of para-hydroxylation sites is 1. The van der Waals surface area contributed by atoms with E-state index < -0.39 is 0 Å². The van der Waals surface area contributed by atoms with Gasteiger partial charge >= 0.3 is 0 Å². The van der Waals surface area contributed by atoms with Gasteiger partial charge in [0.05, 0.1) is 6.61 Å². The number of aliphatic imine (C=N–C) groups is 1. The Kier molecular flexibility index (Phi) is 4.98. The Morgan fingerprint density at radius 2 is 1.76 bits per heavy atom. The molecular formula is C21H22N2O2. The van der Waals surface area contributed by atoms with Crippen molar-refractivity contribution in [3.05, 3.63) is 70.4 Å². The summed E-state index contributed by atoms with van der Waals surface area (Å²) in [6.07, 6.45) is 2.42. The van der Waals surface area contributed by atoms with Crippen LogP contribution in [-0.2, 0) is 4.79 Å². The predicted octanol–water partition coefficient (Wildman–Crippen LogP) is 3.95. The second-order valence-electron chi connectivity index (χ2n) is 6.27. The molecule has 1 N–H and O–H groups in total. The monoisotopic (exact) mass is 334 g/mol. The highest BCUT2D eigenvalue weighted by atomic mass is 16.5. The van der Waals surface area contributed by atoms with E-state index >= 15 is 0 Å². The van der Waals surface area contributed by atoms with E-state index in [0.29, 0.717) is 24.6 Å². The zero-order valence-electron chi connectivity index (χ0n) is 14.8. The molecule has 0 atom stereocenters. The number of hydrogen-bond donors (Lipinski definition) is 1. The van der Waals surface area contributed by atoms with Gasteiger partial charge in [-0.15, -0.1) is 0 Å². The number of nitrogens with one attached hydrogen (secondary N) is 1. The molecule has 2 aromatic carbocycles. The van der Waals surface area contributed by atoms with Crippen molar-refractivity contribution < 1.29 is 9.53 Å². The van der Waals surface area contributed by atoms with Crippen LogP contribution in [0, 0.1) is 20.8 Å². The normalized spacial score (nSPS) is 15.2. The van der Waals surface area contributed by atoms with Crippen LogP contribution in [0.25, 0.3) is 6.08 Å². The lowest BCUT2D eigenvalue weighted by molar-refractivity contribution is -0.115. The molecule has 1 amide bonds. The van der Waals surface area contributed by atoms with E-state index in [4.69, 9.17) is 4.74 Å². The van der Waals surface area contributed by atoms with Crippen molar-refractivity contribution in [2.75, 3.05) is 6.61 Å². The number of nitrogens with zero attached hydrogens (tertiary/aromatic N) is 1. The minimum absolute atomic E-state index is 0.158. The van der Waals surface area contributed by atoms with Crippen molar-refractivity contribution in [1.82, 2.24) is 5.32 Å². The fourth-order valence-electron chi connectivity index (χ4n) is 2.97. The van der Waals surface area contributed by atoms with Crippen molar-refractivity contribution in [3.63, 3.8) is 0 Å². The fraction of sp³-hybridized carbons (Fsp3) is 0.238. The molecule has 1 aliphatic rings. The lowest BCUT2D eigenvalue weighted by Gasteiger charge is -2.07. The van der Waals surface area contributed by atoms with Gasteiger partial charge in [-0.25, -0.2) is 4.99 Å². The van der Waals surface area contributed by atoms with Gasteiger partial charge in [0, 0.05) is 6.42 Å². The average molecular weight is 334 g/mol. The molecule has 0 saturated carbocycles. The summed E-state index contributed by atoms with van der Waals surface area (Å²) in [5.41, 5.74) is 5.02. The molecule has 0 fully saturated rings. The molecule has 128 valence electrons. The molecule has 25 heavy (non-hydrogen) atoms. The van der Waals surface area contributed by atoms with Gasteiger partial charge in [0.15, 0.2) is 0 Å². The SMILES string of the molecule is Cc1cc(C)c(/C=C2\N=C(CCOc3ccccc3)NC2=O)c(C)c1. The molecule has 0 radical (unpaired) electrons. The molecule has 3 rings (SSSR count). The number of carbonyl (C=O) groups is 1. The number of carbonyl (C=O) groups excluding carboxylic acids is 1. The van der Waals surface area contributed by atoms with Crippen LogP contribution in [-0.4, -0.2) is 18.3 Å². The minimum Gasteiger partial charge on any atom is -0.493 e. The number of amides is 1. The largest absolute Gasteiger partial charge is 0.493 e. The number of rotatable bonds is 5. The van der Waals surface area contributed by atoms with E-state index in [1.54, 1.807) is 0 Å². The van der Waals surface area contributed by atoms with E-state index in [2.05, 4.69) is 43.2 Å². The maximum Gasteiger partial charge on any atom is 0.275 e. The first-order chi connectivity index (χ1) is 12.0. The Morgan fingerprint density at radius 3 is 2.44 bits per heavy atom. The number of hydrogen-bond acceptors (Lipinski definition) is 3. The van der Waals surface area contributed by atoms with Gasteiger partial charge in [0.2, 0.25) is 0 Å². The van der Waals surface area contributed by atoms with E-state index in [-0.39, 0.29) is 5.91 Å². The Labute approximate surface area is 148 Å². The highest BCUT2D eigenvalue weighted by Gasteiger charge is 2.20. The molecule has 1 heterocycles. The van der Waals surface area contributed by atoms with Gasteiger partial charge in [0.25, 0.3) is 5.91 Å². The molecule has 0 aliphatic carbocycles. The maximum absolute atomic E-state index is 12.2. The van der Waals surface area contributed by atoms with Crippen LogP contribution >= 0.6 is 0 Å². The summed E-state index contributed by atoms with van der Waals surface area (Å²) in [5, 5.41) is 2.82. The van der Waals surface area contributed by atoms with Gasteiger partial charge < -0.3 is 10.1 Å². The molecule has 0 aromatic heterocycles. The molecule has 0 unspecified atom stereocenters. The topological polar surface area (TPSA) is 50.7 Å². The summed E-state index contributed by atoms with van der Waals surface area (Å²) in [4.78, 5) is 16.6. The van der Waals surface area contributed by atoms with Crippen molar-refractivity contribution in [3.8, 4) is 5.75 Å². The standard InChI is InChI=1S/C21H22N2O2/c1-14-11-15(2)18(16(3)12-14)13-19-21(24)23-20(22-19)9-10-25-17-7-5-4-6-8-17/h4-8,11-13H,9-10H2,1-3H3,(H,22,23,24)/b19-13-. The quantitative estimate of drug-likeness (QED) is 0.842. The number of amidine groups is 1. The van der Waals surface area contributed by atoms with Crippen LogP contribution in [0.5, 0.6) is 5.75 Å². The van der Waals surface area contributed by atoms with E-state index in [1.165, 1.54) is 5.56 Å². The second kappa shape index (κ2) is 7.34. The predicted molar refractivity (Wildman–Crippen MR) is 101 cm³/mol. The summed E-state index contributed by atoms with van der Waals surface area (Å²) in [6.45, 7) is 6.65. The first-order valence-electron chi connectivity index (χ1n) is 8.39. The number of benzene rings is 2. The zero-order chi connectivity index (χ0) is 17.8. The van der Waals surface area contributed by atoms with Gasteiger partial charge in [-0.1, -0.05) is 35.9 Å². The first-order valence-corrected chi connectivity index (χ1v) is 8.39. The third-order valence-electron chi connectivity index (χ3n) is 4.12. The van der Waals surface area contributed by atoms with Crippen molar-refractivity contribution in [2.24, 2.45) is 4.99 Å². The summed E-state index contributed by atoms with van der Waals surface area (Å²) >= 11 is 0. The third kappa shape index (κ3) is 4.15. The highest BCUT2D eigenvalue weighted by molar-refractivity contribution is 6.14. The summed E-state index contributed by atoms with van der Waals surface area (Å²) in [5.74, 6) is 1.30. The molecule has 4 heteroatoms. The highest BCUT2D eigenvalue weighted by Crippen LogP contribution is 2.21. The van der Waals surface area contributed by atoms with Crippen molar-refractivity contribution in [2.45, 2.75) is 27.2 Å². The lowest BCUT2D eigenvalue weighted by atomic mass is 9.99. The molecule has 0 spiro atoms. The van der Waals surface area contributed by atoms with Crippen molar-refractivity contribution >= 4 is 17.8 Å². The minimum atomic E-state index is -0.158. The Bertz CT molecular complexity index is 828. The van der Waals surface area contributed by atoms with Crippen LogP contribution in [0.4, 0.5) is 0 Å². The van der Waals surface area contributed by atoms with Crippen LogP contribution in [0.2, 0.25) is 0 Å². The fourth-order valence-corrected chi connectivity index (χ4v) is 2.97. The van der Waals surface area contributed by atoms with E-state index in [0.717, 1.165) is 22.4 Å². The maximum atomic E-state index is 12.2. The molecular weight excluding hydrogens is 312 g/mol. The molecule has 0 saturated heterocycles. The molecule has 2 aromatic rings. The number of ether oxygens (including phenoxy) is 1. The molecule has 4 nitrogen and oxygen atoms in total. The van der Waals surface area contributed by atoms with Gasteiger partial charge in [-0.2, -0.15) is 0 Å². The zero-order valence-corrected chi connectivity index (χ0v) is 14.8. The van der Waals surface area contributed by atoms with Crippen molar-refractivity contribution in [1.29, 1.82) is 0 Å². The molecule has 0 bridgehead atoms. The van der Waals surface area contributed by atoms with Gasteiger partial charge in [-0.05, 0) is 55.7 Å². The molecule has 1 aliphatic heterocycles. The summed E-state index contributed by atoms with van der Waals surface area (Å²) < 4.78 is 5.66. The summed E-state index contributed by atoms with van der Waals surface area (Å²) in [6, 6.07) is 13.8. The third-order valence-corrected chi connectivity index (χ3v) is 4.12. The smallest absolute Gasteiger partial charge is 0.275 e. The summed E-state index contributed by atoms with van der Waals surface area (Å²) in [7, 11) is 0. The Hall–Kier alpha value is -2.88. The van der Waals surface area contributed by atoms with Crippen LogP contribution in [0.15, 0.2) is 53.2 Å². The van der Waals surface area contributed by atoms with Crippen LogP contribution in [0.3, 0.4) is 0 Å². The van der Waals surface area contributed by atoms with Gasteiger partial charge in [0.1, 0.15) is 17.3 Å². The number of aryl methyl sites for hydroxylation is 3. The van der Waals surface area contributed by atoms with E-state index in [1.807, 2.05) is 36.4 Å². The van der Waals surface area contributed by atoms with Crippen LogP contribution < -0.4 is 10.1 Å². The average Bonchev–Trinajstić information content (AvgIpc) is 2.91. The second-order valence-corrected chi connectivity index (χ2v) is 6.27. The van der Waals surface area contributed by atoms with E-state index in [9.17, 15) is 4.79 Å². The Morgan fingerprint density at radius 1 is 1.08 bits per heavy atom. The Balaban J connectivity index is 1.70. The van der Waals surface area contributed by atoms with Gasteiger partial charge in [-0.3, -0.25) is 4.79 Å².